The van der Waals surface area contributed by atoms with Crippen LogP contribution < -0.4 is 5.32 Å². The Morgan fingerprint density at radius 3 is 2.77 bits per heavy atom. The molecule has 0 saturated heterocycles. The Morgan fingerprint density at radius 1 is 1.27 bits per heavy atom. The minimum absolute atomic E-state index is 0.0375. The van der Waals surface area contributed by atoms with Crippen molar-refractivity contribution in [2.45, 2.75) is 18.2 Å². The number of fused-ring (bicyclic) bond motifs is 1. The highest BCUT2D eigenvalue weighted by Gasteiger charge is 2.16. The lowest BCUT2D eigenvalue weighted by Crippen LogP contribution is -2.15. The molecule has 0 atom stereocenters. The van der Waals surface area contributed by atoms with Crippen LogP contribution in [0.1, 0.15) is 12.6 Å². The number of phenols is 1. The summed E-state index contributed by atoms with van der Waals surface area (Å²) in [5.41, 5.74) is 1.20. The fourth-order valence-electron chi connectivity index (χ4n) is 2.44. The van der Waals surface area contributed by atoms with Crippen molar-refractivity contribution < 1.29 is 18.3 Å². The van der Waals surface area contributed by atoms with E-state index < -0.39 is 15.7 Å². The Labute approximate surface area is 155 Å². The van der Waals surface area contributed by atoms with E-state index in [1.807, 2.05) is 0 Å². The lowest BCUT2D eigenvalue weighted by atomic mass is 10.2. The van der Waals surface area contributed by atoms with Gasteiger partial charge in [0.25, 0.3) is 0 Å². The lowest BCUT2D eigenvalue weighted by Gasteiger charge is -2.09. The largest absolute Gasteiger partial charge is 0.506 e. The van der Waals surface area contributed by atoms with Crippen LogP contribution in [0.15, 0.2) is 47.6 Å². The Hall–Kier alpha value is -2.58. The second kappa shape index (κ2) is 6.97. The first-order valence-corrected chi connectivity index (χ1v) is 9.80. The van der Waals surface area contributed by atoms with Gasteiger partial charge in [0, 0.05) is 12.4 Å². The summed E-state index contributed by atoms with van der Waals surface area (Å²) >= 11 is 5.92. The molecule has 0 unspecified atom stereocenters. The van der Waals surface area contributed by atoms with E-state index >= 15 is 0 Å². The minimum atomic E-state index is -3.44. The number of hydrogen-bond donors (Lipinski definition) is 2. The van der Waals surface area contributed by atoms with Gasteiger partial charge in [-0.3, -0.25) is 4.79 Å². The molecule has 3 rings (SSSR count). The highest BCUT2D eigenvalue weighted by molar-refractivity contribution is 7.91. The van der Waals surface area contributed by atoms with E-state index in [1.165, 1.54) is 25.1 Å². The second-order valence-electron chi connectivity index (χ2n) is 5.65. The molecule has 9 heteroatoms. The van der Waals surface area contributed by atoms with Gasteiger partial charge in [0.1, 0.15) is 11.4 Å². The average molecular weight is 394 g/mol. The molecule has 0 radical (unpaired) electrons. The molecule has 2 aromatic heterocycles. The van der Waals surface area contributed by atoms with Crippen LogP contribution in [0.2, 0.25) is 5.02 Å². The first kappa shape index (κ1) is 18.2. The van der Waals surface area contributed by atoms with E-state index in [-0.39, 0.29) is 28.5 Å². The number of imidazole rings is 1. The molecule has 3 aromatic rings. The molecule has 26 heavy (non-hydrogen) atoms. The SMILES string of the molecule is CCS(=O)(=O)c1ccc(O)c(NC(=O)Cc2cn3cc(Cl)ccc3n2)c1. The van der Waals surface area contributed by atoms with Gasteiger partial charge in [-0.25, -0.2) is 13.4 Å². The third-order valence-electron chi connectivity index (χ3n) is 3.79. The highest BCUT2D eigenvalue weighted by atomic mass is 35.5. The standard InChI is InChI=1S/C17H16ClN3O4S/c1-2-26(24,25)13-4-5-15(22)14(8-13)20-17(23)7-12-10-21-9-11(18)3-6-16(21)19-12/h3-6,8-10,22H,2,7H2,1H3,(H,20,23). The van der Waals surface area contributed by atoms with Crippen LogP contribution in [-0.4, -0.2) is 34.6 Å². The number of hydrogen-bond acceptors (Lipinski definition) is 5. The molecule has 0 bridgehead atoms. The van der Waals surface area contributed by atoms with Crippen LogP contribution in [0.5, 0.6) is 5.75 Å². The summed E-state index contributed by atoms with van der Waals surface area (Å²) < 4.78 is 25.6. The van der Waals surface area contributed by atoms with Crippen LogP contribution in [0, 0.1) is 0 Å². The van der Waals surface area contributed by atoms with Gasteiger partial charge in [-0.1, -0.05) is 18.5 Å². The molecule has 1 amide bonds. The predicted molar refractivity (Wildman–Crippen MR) is 98.4 cm³/mol. The van der Waals surface area contributed by atoms with Crippen molar-refractivity contribution in [3.63, 3.8) is 0 Å². The van der Waals surface area contributed by atoms with Crippen LogP contribution in [0.25, 0.3) is 5.65 Å². The third-order valence-corrected chi connectivity index (χ3v) is 5.74. The van der Waals surface area contributed by atoms with Gasteiger partial charge in [0.15, 0.2) is 9.84 Å². The van der Waals surface area contributed by atoms with Gasteiger partial charge < -0.3 is 14.8 Å². The molecular formula is C17H16ClN3O4S. The summed E-state index contributed by atoms with van der Waals surface area (Å²) in [5.74, 6) is -0.717. The number of anilines is 1. The maximum absolute atomic E-state index is 12.3. The van der Waals surface area contributed by atoms with E-state index in [2.05, 4.69) is 10.3 Å². The summed E-state index contributed by atoms with van der Waals surface area (Å²) in [7, 11) is -3.44. The van der Waals surface area contributed by atoms with E-state index in [9.17, 15) is 18.3 Å². The topological polar surface area (TPSA) is 101 Å². The number of carbonyl (C=O) groups is 1. The van der Waals surface area contributed by atoms with Crippen LogP contribution in [-0.2, 0) is 21.1 Å². The van der Waals surface area contributed by atoms with Gasteiger partial charge >= 0.3 is 0 Å². The molecule has 0 aliphatic rings. The Morgan fingerprint density at radius 2 is 2.04 bits per heavy atom. The minimum Gasteiger partial charge on any atom is -0.506 e. The molecule has 0 fully saturated rings. The average Bonchev–Trinajstić information content (AvgIpc) is 2.97. The molecule has 0 aliphatic heterocycles. The fourth-order valence-corrected chi connectivity index (χ4v) is 3.51. The third kappa shape index (κ3) is 3.81. The number of rotatable bonds is 5. The molecule has 0 aliphatic carbocycles. The zero-order valence-electron chi connectivity index (χ0n) is 13.8. The zero-order chi connectivity index (χ0) is 18.9. The van der Waals surface area contributed by atoms with Crippen molar-refractivity contribution in [3.05, 3.63) is 53.4 Å². The number of pyridine rings is 1. The highest BCUT2D eigenvalue weighted by Crippen LogP contribution is 2.27. The summed E-state index contributed by atoms with van der Waals surface area (Å²) in [6, 6.07) is 7.22. The quantitative estimate of drug-likeness (QED) is 0.649. The summed E-state index contributed by atoms with van der Waals surface area (Å²) in [6.07, 6.45) is 3.32. The number of phenolic OH excluding ortho intramolecular Hbond substituents is 1. The molecule has 136 valence electrons. The molecular weight excluding hydrogens is 378 g/mol. The van der Waals surface area contributed by atoms with Gasteiger partial charge in [-0.2, -0.15) is 0 Å². The summed E-state index contributed by atoms with van der Waals surface area (Å²) in [5, 5.41) is 13.0. The number of nitrogens with one attached hydrogen (secondary N) is 1. The van der Waals surface area contributed by atoms with E-state index in [4.69, 9.17) is 11.6 Å². The number of aromatic nitrogens is 2. The fraction of sp³-hybridized carbons (Fsp3) is 0.176. The molecule has 2 heterocycles. The summed E-state index contributed by atoms with van der Waals surface area (Å²) in [6.45, 7) is 1.52. The molecule has 2 N–H and O–H groups in total. The monoisotopic (exact) mass is 393 g/mol. The number of halogens is 1. The molecule has 0 spiro atoms. The van der Waals surface area contributed by atoms with Crippen LogP contribution >= 0.6 is 11.6 Å². The van der Waals surface area contributed by atoms with Crippen molar-refractivity contribution in [2.75, 3.05) is 11.1 Å². The number of nitrogens with zero attached hydrogens (tertiary/aromatic N) is 2. The maximum Gasteiger partial charge on any atom is 0.230 e. The Balaban J connectivity index is 1.80. The van der Waals surface area contributed by atoms with E-state index in [0.717, 1.165) is 0 Å². The van der Waals surface area contributed by atoms with Gasteiger partial charge in [-0.15, -0.1) is 0 Å². The number of carbonyl (C=O) groups excluding carboxylic acids is 1. The maximum atomic E-state index is 12.3. The van der Waals surface area contributed by atoms with Crippen molar-refractivity contribution >= 4 is 38.7 Å². The zero-order valence-corrected chi connectivity index (χ0v) is 15.4. The molecule has 1 aromatic carbocycles. The first-order chi connectivity index (χ1) is 12.3. The Bertz CT molecular complexity index is 1090. The van der Waals surface area contributed by atoms with Crippen molar-refractivity contribution in [1.82, 2.24) is 9.38 Å². The summed E-state index contributed by atoms with van der Waals surface area (Å²) in [4.78, 5) is 16.6. The predicted octanol–water partition coefficient (Wildman–Crippen LogP) is 2.67. The van der Waals surface area contributed by atoms with Gasteiger partial charge in [0.2, 0.25) is 5.91 Å². The number of amides is 1. The second-order valence-corrected chi connectivity index (χ2v) is 8.37. The number of benzene rings is 1. The Kier molecular flexibility index (Phi) is 4.88. The van der Waals surface area contributed by atoms with Gasteiger partial charge in [-0.05, 0) is 30.3 Å². The van der Waals surface area contributed by atoms with E-state index in [0.29, 0.717) is 16.4 Å². The molecule has 7 nitrogen and oxygen atoms in total. The van der Waals surface area contributed by atoms with Crippen LogP contribution in [0.3, 0.4) is 0 Å². The van der Waals surface area contributed by atoms with Crippen molar-refractivity contribution in [2.24, 2.45) is 0 Å². The lowest BCUT2D eigenvalue weighted by molar-refractivity contribution is -0.115. The van der Waals surface area contributed by atoms with Crippen molar-refractivity contribution in [1.29, 1.82) is 0 Å². The molecule has 0 saturated carbocycles. The first-order valence-electron chi connectivity index (χ1n) is 7.77. The normalized spacial score (nSPS) is 11.6. The van der Waals surface area contributed by atoms with E-state index in [1.54, 1.807) is 28.9 Å². The van der Waals surface area contributed by atoms with Crippen LogP contribution in [0.4, 0.5) is 5.69 Å². The number of sulfone groups is 1. The number of aromatic hydroxyl groups is 1. The van der Waals surface area contributed by atoms with Crippen molar-refractivity contribution in [3.8, 4) is 5.75 Å². The smallest absolute Gasteiger partial charge is 0.230 e. The van der Waals surface area contributed by atoms with Gasteiger partial charge in [0.05, 0.1) is 33.5 Å².